The third kappa shape index (κ3) is 2.52. The van der Waals surface area contributed by atoms with Gasteiger partial charge in [-0.15, -0.1) is 0 Å². The summed E-state index contributed by atoms with van der Waals surface area (Å²) >= 11 is 0. The van der Waals surface area contributed by atoms with E-state index < -0.39 is 11.8 Å². The number of carbonyl (C=O) groups is 3. The summed E-state index contributed by atoms with van der Waals surface area (Å²) in [7, 11) is 0. The van der Waals surface area contributed by atoms with Crippen molar-refractivity contribution in [2.24, 2.45) is 0 Å². The third-order valence-corrected chi connectivity index (χ3v) is 1.71. The summed E-state index contributed by atoms with van der Waals surface area (Å²) in [5.74, 6) is -1.54. The van der Waals surface area contributed by atoms with Gasteiger partial charge in [-0.05, 0) is 17.7 Å². The molecule has 4 heteroatoms. The number of rotatable bonds is 4. The van der Waals surface area contributed by atoms with Crippen molar-refractivity contribution in [1.82, 2.24) is 0 Å². The second kappa shape index (κ2) is 4.32. The molecule has 0 saturated carbocycles. The Morgan fingerprint density at radius 1 is 1.21 bits per heavy atom. The van der Waals surface area contributed by atoms with Gasteiger partial charge in [-0.1, -0.05) is 12.1 Å². The summed E-state index contributed by atoms with van der Waals surface area (Å²) in [6, 6.07) is 5.83. The number of aromatic carboxylic acids is 1. The molecule has 0 heterocycles. The molecule has 0 aromatic heterocycles. The number of carboxylic acid groups (broad SMARTS) is 1. The fourth-order valence-electron chi connectivity index (χ4n) is 1.01. The standard InChI is InChI=1S/C10H8O4/c11-6-9(12)5-7-1-3-8(4-2-7)10(13)14/h1-4,6H,5H2,(H,13,14). The lowest BCUT2D eigenvalue weighted by molar-refractivity contribution is -0.129. The van der Waals surface area contributed by atoms with Gasteiger partial charge in [0.2, 0.25) is 0 Å². The molecule has 0 amide bonds. The van der Waals surface area contributed by atoms with Gasteiger partial charge in [0, 0.05) is 6.42 Å². The highest BCUT2D eigenvalue weighted by atomic mass is 16.4. The second-order valence-electron chi connectivity index (χ2n) is 2.76. The maximum atomic E-state index is 10.7. The van der Waals surface area contributed by atoms with Crippen LogP contribution in [-0.4, -0.2) is 23.1 Å². The molecule has 72 valence electrons. The molecule has 0 unspecified atom stereocenters. The van der Waals surface area contributed by atoms with Crippen LogP contribution in [0.5, 0.6) is 0 Å². The molecule has 0 spiro atoms. The minimum Gasteiger partial charge on any atom is -0.478 e. The Balaban J connectivity index is 2.78. The first kappa shape index (κ1) is 10.1. The first-order valence-corrected chi connectivity index (χ1v) is 3.93. The smallest absolute Gasteiger partial charge is 0.335 e. The van der Waals surface area contributed by atoms with Gasteiger partial charge in [0.25, 0.3) is 0 Å². The van der Waals surface area contributed by atoms with Crippen molar-refractivity contribution in [3.63, 3.8) is 0 Å². The van der Waals surface area contributed by atoms with Gasteiger partial charge in [0.15, 0.2) is 12.1 Å². The minimum absolute atomic E-state index is 0.0173. The lowest BCUT2D eigenvalue weighted by Crippen LogP contribution is -2.03. The predicted molar refractivity (Wildman–Crippen MR) is 48.2 cm³/mol. The average molecular weight is 192 g/mol. The molecule has 1 N–H and O–H groups in total. The number of carboxylic acids is 1. The summed E-state index contributed by atoms with van der Waals surface area (Å²) in [5.41, 5.74) is 0.791. The lowest BCUT2D eigenvalue weighted by atomic mass is 10.1. The molecule has 0 aliphatic heterocycles. The molecule has 1 rings (SSSR count). The van der Waals surface area contributed by atoms with Gasteiger partial charge in [-0.25, -0.2) is 4.79 Å². The number of benzene rings is 1. The van der Waals surface area contributed by atoms with Gasteiger partial charge in [0.05, 0.1) is 5.56 Å². The quantitative estimate of drug-likeness (QED) is 0.563. The van der Waals surface area contributed by atoms with Gasteiger partial charge in [-0.3, -0.25) is 9.59 Å². The first-order chi connectivity index (χ1) is 6.63. The molecule has 0 saturated heterocycles. The van der Waals surface area contributed by atoms with Crippen LogP contribution in [0.4, 0.5) is 0 Å². The highest BCUT2D eigenvalue weighted by Crippen LogP contribution is 2.05. The molecule has 0 fully saturated rings. The van der Waals surface area contributed by atoms with Crippen LogP contribution in [-0.2, 0) is 16.0 Å². The summed E-state index contributed by atoms with van der Waals surface area (Å²) in [6.07, 6.45) is 0.272. The lowest BCUT2D eigenvalue weighted by Gasteiger charge is -1.97. The third-order valence-electron chi connectivity index (χ3n) is 1.71. The molecule has 0 radical (unpaired) electrons. The Kier molecular flexibility index (Phi) is 3.12. The van der Waals surface area contributed by atoms with E-state index in [-0.39, 0.29) is 18.3 Å². The van der Waals surface area contributed by atoms with Crippen LogP contribution in [0.2, 0.25) is 0 Å². The summed E-state index contributed by atoms with van der Waals surface area (Å²) in [6.45, 7) is 0. The van der Waals surface area contributed by atoms with Crippen LogP contribution >= 0.6 is 0 Å². The van der Waals surface area contributed by atoms with Crippen molar-refractivity contribution >= 4 is 18.0 Å². The maximum absolute atomic E-state index is 10.7. The topological polar surface area (TPSA) is 71.4 Å². The van der Waals surface area contributed by atoms with Crippen molar-refractivity contribution < 1.29 is 19.5 Å². The van der Waals surface area contributed by atoms with Crippen molar-refractivity contribution in [2.45, 2.75) is 6.42 Å². The van der Waals surface area contributed by atoms with E-state index >= 15 is 0 Å². The number of aldehydes is 1. The molecule has 14 heavy (non-hydrogen) atoms. The first-order valence-electron chi connectivity index (χ1n) is 3.93. The summed E-state index contributed by atoms with van der Waals surface area (Å²) in [4.78, 5) is 31.2. The molecule has 0 bridgehead atoms. The van der Waals surface area contributed by atoms with Crippen LogP contribution < -0.4 is 0 Å². The summed E-state index contributed by atoms with van der Waals surface area (Å²) in [5, 5.41) is 8.58. The van der Waals surface area contributed by atoms with E-state index in [1.165, 1.54) is 24.3 Å². The average Bonchev–Trinajstić information content (AvgIpc) is 2.18. The van der Waals surface area contributed by atoms with Crippen molar-refractivity contribution in [3.8, 4) is 0 Å². The van der Waals surface area contributed by atoms with Crippen LogP contribution in [0, 0.1) is 0 Å². The molecular formula is C10H8O4. The fraction of sp³-hybridized carbons (Fsp3) is 0.100. The van der Waals surface area contributed by atoms with E-state index in [4.69, 9.17) is 5.11 Å². The van der Waals surface area contributed by atoms with Crippen LogP contribution in [0.1, 0.15) is 15.9 Å². The highest BCUT2D eigenvalue weighted by molar-refractivity contribution is 6.25. The van der Waals surface area contributed by atoms with Gasteiger partial charge in [0.1, 0.15) is 0 Å². The van der Waals surface area contributed by atoms with Crippen molar-refractivity contribution in [1.29, 1.82) is 0 Å². The molecule has 1 aromatic rings. The SMILES string of the molecule is O=CC(=O)Cc1ccc(C(=O)O)cc1. The number of hydrogen-bond donors (Lipinski definition) is 1. The Hall–Kier alpha value is -1.97. The monoisotopic (exact) mass is 192 g/mol. The zero-order chi connectivity index (χ0) is 10.6. The summed E-state index contributed by atoms with van der Waals surface area (Å²) < 4.78 is 0. The number of carbonyl (C=O) groups excluding carboxylic acids is 2. The van der Waals surface area contributed by atoms with E-state index in [1.54, 1.807) is 0 Å². The predicted octanol–water partition coefficient (Wildman–Crippen LogP) is 0.695. The van der Waals surface area contributed by atoms with Crippen molar-refractivity contribution in [3.05, 3.63) is 35.4 Å². The number of ketones is 1. The number of Topliss-reactive ketones (excluding diaryl/α,β-unsaturated/α-hetero) is 1. The molecule has 0 aliphatic carbocycles. The molecule has 0 atom stereocenters. The van der Waals surface area contributed by atoms with E-state index in [9.17, 15) is 14.4 Å². The molecule has 4 nitrogen and oxygen atoms in total. The Morgan fingerprint density at radius 2 is 1.79 bits per heavy atom. The van der Waals surface area contributed by atoms with Crippen LogP contribution in [0.3, 0.4) is 0 Å². The maximum Gasteiger partial charge on any atom is 0.335 e. The molecule has 0 aliphatic rings. The molecule has 1 aromatic carbocycles. The molecular weight excluding hydrogens is 184 g/mol. The van der Waals surface area contributed by atoms with Gasteiger partial charge in [-0.2, -0.15) is 0 Å². The van der Waals surface area contributed by atoms with Crippen molar-refractivity contribution in [2.75, 3.05) is 0 Å². The Bertz CT molecular complexity index is 364. The van der Waals surface area contributed by atoms with E-state index in [0.717, 1.165) is 0 Å². The van der Waals surface area contributed by atoms with Crippen LogP contribution in [0.15, 0.2) is 24.3 Å². The van der Waals surface area contributed by atoms with Gasteiger partial charge >= 0.3 is 5.97 Å². The van der Waals surface area contributed by atoms with E-state index in [1.807, 2.05) is 0 Å². The largest absolute Gasteiger partial charge is 0.478 e. The van der Waals surface area contributed by atoms with Gasteiger partial charge < -0.3 is 5.11 Å². The number of hydrogen-bond acceptors (Lipinski definition) is 3. The normalized spacial score (nSPS) is 9.43. The Labute approximate surface area is 80.2 Å². The second-order valence-corrected chi connectivity index (χ2v) is 2.76. The minimum atomic E-state index is -1.02. The van der Waals surface area contributed by atoms with Crippen LogP contribution in [0.25, 0.3) is 0 Å². The fourth-order valence-corrected chi connectivity index (χ4v) is 1.01. The van der Waals surface area contributed by atoms with E-state index in [0.29, 0.717) is 5.56 Å². The van der Waals surface area contributed by atoms with E-state index in [2.05, 4.69) is 0 Å². The zero-order valence-electron chi connectivity index (χ0n) is 7.27. The highest BCUT2D eigenvalue weighted by Gasteiger charge is 2.04. The zero-order valence-corrected chi connectivity index (χ0v) is 7.27. The Morgan fingerprint density at radius 3 is 2.21 bits per heavy atom.